The smallest absolute Gasteiger partial charge is 0.331 e. The van der Waals surface area contributed by atoms with Crippen LogP contribution >= 0.6 is 11.3 Å². The van der Waals surface area contributed by atoms with Gasteiger partial charge in [-0.15, -0.1) is 11.3 Å². The number of thiazole rings is 1. The molecule has 1 heterocycles. The summed E-state index contributed by atoms with van der Waals surface area (Å²) < 4.78 is 6.03. The van der Waals surface area contributed by atoms with Crippen LogP contribution in [-0.2, 0) is 14.3 Å². The Balaban J connectivity index is 1.48. The molecule has 0 aliphatic heterocycles. The Morgan fingerprint density at radius 2 is 1.88 bits per heavy atom. The van der Waals surface area contributed by atoms with E-state index >= 15 is 0 Å². The number of amides is 1. The van der Waals surface area contributed by atoms with Gasteiger partial charge in [0.25, 0.3) is 5.91 Å². The zero-order chi connectivity index (χ0) is 18.4. The van der Waals surface area contributed by atoms with Crippen LogP contribution in [0.25, 0.3) is 16.3 Å². The summed E-state index contributed by atoms with van der Waals surface area (Å²) in [5, 5.41) is 3.51. The molecule has 1 amide bonds. The lowest BCUT2D eigenvalue weighted by molar-refractivity contribution is -0.144. The lowest BCUT2D eigenvalue weighted by Crippen LogP contribution is -2.30. The van der Waals surface area contributed by atoms with Gasteiger partial charge in [0.05, 0.1) is 16.3 Å². The Morgan fingerprint density at radius 3 is 2.65 bits per heavy atom. The third-order valence-electron chi connectivity index (χ3n) is 3.70. The fourth-order valence-electron chi connectivity index (χ4n) is 2.39. The molecule has 3 aromatic rings. The van der Waals surface area contributed by atoms with E-state index in [2.05, 4.69) is 10.3 Å². The summed E-state index contributed by atoms with van der Waals surface area (Å²) in [4.78, 5) is 28.1. The number of para-hydroxylation sites is 1. The summed E-state index contributed by atoms with van der Waals surface area (Å²) in [5.74, 6) is -0.921. The highest BCUT2D eigenvalue weighted by Gasteiger charge is 2.10. The fourth-order valence-corrected chi connectivity index (χ4v) is 3.26. The van der Waals surface area contributed by atoms with Crippen LogP contribution in [0.2, 0.25) is 0 Å². The number of carbonyl (C=O) groups is 2. The van der Waals surface area contributed by atoms with Crippen LogP contribution in [0.1, 0.15) is 23.5 Å². The van der Waals surface area contributed by atoms with Crippen molar-refractivity contribution >= 4 is 39.5 Å². The number of fused-ring (bicyclic) bond motifs is 1. The van der Waals surface area contributed by atoms with Crippen LogP contribution in [0.5, 0.6) is 0 Å². The number of aromatic nitrogens is 1. The molecule has 3 rings (SSSR count). The normalized spacial score (nSPS) is 12.2. The van der Waals surface area contributed by atoms with Crippen molar-refractivity contribution in [1.29, 1.82) is 0 Å². The summed E-state index contributed by atoms with van der Waals surface area (Å²) in [6, 6.07) is 17.2. The van der Waals surface area contributed by atoms with Gasteiger partial charge in [0.2, 0.25) is 0 Å². The maximum atomic E-state index is 11.9. The Labute approximate surface area is 155 Å². The zero-order valence-corrected chi connectivity index (χ0v) is 15.0. The quantitative estimate of drug-likeness (QED) is 0.533. The van der Waals surface area contributed by atoms with Crippen molar-refractivity contribution in [2.75, 3.05) is 6.61 Å². The summed E-state index contributed by atoms with van der Waals surface area (Å²) in [5.41, 5.74) is 1.88. The average molecular weight is 366 g/mol. The Morgan fingerprint density at radius 1 is 1.15 bits per heavy atom. The van der Waals surface area contributed by atoms with E-state index in [-0.39, 0.29) is 18.6 Å². The van der Waals surface area contributed by atoms with Crippen molar-refractivity contribution in [1.82, 2.24) is 10.3 Å². The average Bonchev–Trinajstić information content (AvgIpc) is 3.08. The van der Waals surface area contributed by atoms with Gasteiger partial charge >= 0.3 is 5.97 Å². The number of hydrogen-bond acceptors (Lipinski definition) is 5. The molecule has 6 heteroatoms. The van der Waals surface area contributed by atoms with Crippen molar-refractivity contribution in [3.63, 3.8) is 0 Å². The standard InChI is InChI=1S/C20H18N2O3S/c1-14(15-7-3-2-4-8-15)21-18(23)13-25-20(24)12-11-19-22-16-9-5-6-10-17(16)26-19/h2-12,14H,13H2,1H3,(H,21,23)/b12-11+/t14-/m0/s1. The minimum absolute atomic E-state index is 0.152. The SMILES string of the molecule is C[C@H](NC(=O)COC(=O)/C=C/c1nc2ccccc2s1)c1ccccc1. The molecule has 0 saturated heterocycles. The van der Waals surface area contributed by atoms with Gasteiger partial charge in [-0.3, -0.25) is 4.79 Å². The van der Waals surface area contributed by atoms with Crippen LogP contribution in [0.3, 0.4) is 0 Å². The molecular weight excluding hydrogens is 348 g/mol. The zero-order valence-electron chi connectivity index (χ0n) is 14.2. The van der Waals surface area contributed by atoms with Gasteiger partial charge in [0.15, 0.2) is 6.61 Å². The van der Waals surface area contributed by atoms with Crippen molar-refractivity contribution in [3.8, 4) is 0 Å². The largest absolute Gasteiger partial charge is 0.452 e. The maximum absolute atomic E-state index is 11.9. The molecule has 132 valence electrons. The second-order valence-corrected chi connectivity index (χ2v) is 6.72. The molecule has 1 aromatic heterocycles. The molecule has 0 aliphatic rings. The van der Waals surface area contributed by atoms with E-state index in [4.69, 9.17) is 4.74 Å². The van der Waals surface area contributed by atoms with Crippen LogP contribution < -0.4 is 5.32 Å². The molecule has 0 spiro atoms. The number of ether oxygens (including phenoxy) is 1. The fraction of sp³-hybridized carbons (Fsp3) is 0.150. The van der Waals surface area contributed by atoms with Crippen LogP contribution in [0.15, 0.2) is 60.7 Å². The second-order valence-electron chi connectivity index (χ2n) is 5.66. The summed E-state index contributed by atoms with van der Waals surface area (Å²) in [6.07, 6.45) is 2.88. The first-order valence-corrected chi connectivity index (χ1v) is 8.98. The molecule has 0 radical (unpaired) electrons. The van der Waals surface area contributed by atoms with Crippen molar-refractivity contribution in [2.45, 2.75) is 13.0 Å². The van der Waals surface area contributed by atoms with E-state index in [9.17, 15) is 9.59 Å². The van der Waals surface area contributed by atoms with Gasteiger partial charge in [-0.2, -0.15) is 0 Å². The summed E-state index contributed by atoms with van der Waals surface area (Å²) in [6.45, 7) is 1.56. The van der Waals surface area contributed by atoms with E-state index in [1.807, 2.05) is 61.5 Å². The lowest BCUT2D eigenvalue weighted by Gasteiger charge is -2.13. The van der Waals surface area contributed by atoms with E-state index in [0.717, 1.165) is 15.8 Å². The summed E-state index contributed by atoms with van der Waals surface area (Å²) >= 11 is 1.48. The molecular formula is C20H18N2O3S. The van der Waals surface area contributed by atoms with E-state index in [0.29, 0.717) is 5.01 Å². The number of hydrogen-bond donors (Lipinski definition) is 1. The number of rotatable bonds is 6. The number of benzene rings is 2. The Hall–Kier alpha value is -2.99. The molecule has 0 aliphatic carbocycles. The molecule has 0 fully saturated rings. The highest BCUT2D eigenvalue weighted by Crippen LogP contribution is 2.22. The minimum Gasteiger partial charge on any atom is -0.452 e. The maximum Gasteiger partial charge on any atom is 0.331 e. The predicted molar refractivity (Wildman–Crippen MR) is 103 cm³/mol. The number of esters is 1. The highest BCUT2D eigenvalue weighted by atomic mass is 32.1. The monoisotopic (exact) mass is 366 g/mol. The molecule has 26 heavy (non-hydrogen) atoms. The second kappa shape index (κ2) is 8.40. The van der Waals surface area contributed by atoms with Crippen LogP contribution in [0, 0.1) is 0 Å². The first-order valence-electron chi connectivity index (χ1n) is 8.16. The third kappa shape index (κ3) is 4.77. The van der Waals surface area contributed by atoms with Gasteiger partial charge in [-0.25, -0.2) is 9.78 Å². The van der Waals surface area contributed by atoms with Crippen LogP contribution in [0.4, 0.5) is 0 Å². The summed E-state index contributed by atoms with van der Waals surface area (Å²) in [7, 11) is 0. The van der Waals surface area contributed by atoms with Gasteiger partial charge < -0.3 is 10.1 Å². The molecule has 0 saturated carbocycles. The predicted octanol–water partition coefficient (Wildman–Crippen LogP) is 3.73. The van der Waals surface area contributed by atoms with Crippen molar-refractivity contribution in [3.05, 3.63) is 71.2 Å². The number of nitrogens with one attached hydrogen (secondary N) is 1. The lowest BCUT2D eigenvalue weighted by atomic mass is 10.1. The van der Waals surface area contributed by atoms with E-state index < -0.39 is 5.97 Å². The Kier molecular flexibility index (Phi) is 5.76. The molecule has 5 nitrogen and oxygen atoms in total. The molecule has 2 aromatic carbocycles. The first kappa shape index (κ1) is 17.8. The number of carbonyl (C=O) groups excluding carboxylic acids is 2. The van der Waals surface area contributed by atoms with Gasteiger partial charge in [-0.05, 0) is 30.7 Å². The first-order chi connectivity index (χ1) is 12.6. The van der Waals surface area contributed by atoms with E-state index in [1.165, 1.54) is 17.4 Å². The Bertz CT molecular complexity index is 901. The van der Waals surface area contributed by atoms with Gasteiger partial charge in [0.1, 0.15) is 5.01 Å². The van der Waals surface area contributed by atoms with Crippen LogP contribution in [-0.4, -0.2) is 23.5 Å². The van der Waals surface area contributed by atoms with E-state index in [1.54, 1.807) is 6.08 Å². The highest BCUT2D eigenvalue weighted by molar-refractivity contribution is 7.19. The molecule has 0 unspecified atom stereocenters. The van der Waals surface area contributed by atoms with Crippen molar-refractivity contribution < 1.29 is 14.3 Å². The van der Waals surface area contributed by atoms with Crippen molar-refractivity contribution in [2.24, 2.45) is 0 Å². The van der Waals surface area contributed by atoms with Gasteiger partial charge in [-0.1, -0.05) is 42.5 Å². The third-order valence-corrected chi connectivity index (χ3v) is 4.70. The number of nitrogens with zero attached hydrogens (tertiary/aromatic N) is 1. The minimum atomic E-state index is -0.577. The molecule has 1 atom stereocenters. The molecule has 1 N–H and O–H groups in total. The molecule has 0 bridgehead atoms. The topological polar surface area (TPSA) is 68.3 Å². The van der Waals surface area contributed by atoms with Gasteiger partial charge in [0, 0.05) is 6.08 Å².